The van der Waals surface area contributed by atoms with Crippen molar-refractivity contribution in [2.75, 3.05) is 16.8 Å². The molecule has 0 unspecified atom stereocenters. The highest BCUT2D eigenvalue weighted by molar-refractivity contribution is 9.11. The summed E-state index contributed by atoms with van der Waals surface area (Å²) >= 11 is 10.2. The van der Waals surface area contributed by atoms with Gasteiger partial charge in [0.15, 0.2) is 6.61 Å². The van der Waals surface area contributed by atoms with Gasteiger partial charge in [0.1, 0.15) is 11.3 Å². The number of ether oxygens (including phenoxy) is 1. The second kappa shape index (κ2) is 11.6. The topological polar surface area (TPSA) is 105 Å². The van der Waals surface area contributed by atoms with Gasteiger partial charge in [0.2, 0.25) is 0 Å². The number of barbiturate groups is 1. The van der Waals surface area contributed by atoms with Crippen LogP contribution in [0.3, 0.4) is 0 Å². The summed E-state index contributed by atoms with van der Waals surface area (Å²) in [7, 11) is 0. The van der Waals surface area contributed by atoms with E-state index in [4.69, 9.17) is 4.74 Å². The van der Waals surface area contributed by atoms with Crippen LogP contribution in [0.1, 0.15) is 16.7 Å². The molecule has 4 rings (SSSR count). The molecule has 0 aromatic heterocycles. The van der Waals surface area contributed by atoms with E-state index in [0.717, 1.165) is 20.5 Å². The normalized spacial score (nSPS) is 14.5. The maximum absolute atomic E-state index is 13.1. The molecule has 1 heterocycles. The third-order valence-electron chi connectivity index (χ3n) is 5.53. The first-order valence-electron chi connectivity index (χ1n) is 11.2. The van der Waals surface area contributed by atoms with Gasteiger partial charge >= 0.3 is 6.03 Å². The van der Waals surface area contributed by atoms with Gasteiger partial charge < -0.3 is 10.1 Å². The van der Waals surface area contributed by atoms with Crippen LogP contribution in [0.15, 0.2) is 73.6 Å². The largest absolute Gasteiger partial charge is 0.481 e. The quantitative estimate of drug-likeness (QED) is 0.232. The van der Waals surface area contributed by atoms with E-state index >= 15 is 0 Å². The lowest BCUT2D eigenvalue weighted by Gasteiger charge is -2.26. The van der Waals surface area contributed by atoms with E-state index in [1.165, 1.54) is 6.08 Å². The van der Waals surface area contributed by atoms with Gasteiger partial charge in [-0.15, -0.1) is 0 Å². The number of amides is 5. The SMILES string of the molecule is Cc1ccc(C)c(NC(=O)COc2c(Br)cc(/C=C3\C(=O)NC(=O)N(c4ccc(Br)cc4)C3=O)cc2Br)c1. The number of nitrogens with zero attached hydrogens (tertiary/aromatic N) is 1. The van der Waals surface area contributed by atoms with E-state index in [2.05, 4.69) is 58.4 Å². The first kappa shape index (κ1) is 27.7. The summed E-state index contributed by atoms with van der Waals surface area (Å²) in [5.41, 5.74) is 3.26. The van der Waals surface area contributed by atoms with Crippen LogP contribution < -0.4 is 20.3 Å². The fourth-order valence-corrected chi connectivity index (χ4v) is 5.36. The lowest BCUT2D eigenvalue weighted by Crippen LogP contribution is -2.54. The highest BCUT2D eigenvalue weighted by Crippen LogP contribution is 2.36. The van der Waals surface area contributed by atoms with Crippen LogP contribution >= 0.6 is 47.8 Å². The molecule has 1 fully saturated rings. The predicted octanol–water partition coefficient (Wildman–Crippen LogP) is 6.27. The molecule has 0 bridgehead atoms. The van der Waals surface area contributed by atoms with E-state index in [0.29, 0.717) is 31.6 Å². The van der Waals surface area contributed by atoms with Crippen LogP contribution in [0, 0.1) is 13.8 Å². The fraction of sp³-hybridized carbons (Fsp3) is 0.111. The number of nitrogens with one attached hydrogen (secondary N) is 2. The van der Waals surface area contributed by atoms with E-state index in [-0.39, 0.29) is 18.1 Å². The molecular formula is C27H20Br3N3O5. The lowest BCUT2D eigenvalue weighted by molar-refractivity contribution is -0.122. The van der Waals surface area contributed by atoms with Gasteiger partial charge in [0.25, 0.3) is 17.7 Å². The molecule has 3 aromatic carbocycles. The first-order valence-corrected chi connectivity index (χ1v) is 13.6. The van der Waals surface area contributed by atoms with E-state index in [1.54, 1.807) is 36.4 Å². The van der Waals surface area contributed by atoms with Crippen molar-refractivity contribution in [2.45, 2.75) is 13.8 Å². The van der Waals surface area contributed by atoms with Gasteiger partial charge in [-0.3, -0.25) is 19.7 Å². The third-order valence-corrected chi connectivity index (χ3v) is 7.24. The Hall–Kier alpha value is -3.28. The molecule has 11 heteroatoms. The number of benzene rings is 3. The van der Waals surface area contributed by atoms with Crippen molar-refractivity contribution in [3.05, 3.63) is 90.3 Å². The van der Waals surface area contributed by atoms with Crippen molar-refractivity contribution < 1.29 is 23.9 Å². The fourth-order valence-electron chi connectivity index (χ4n) is 3.64. The zero-order chi connectivity index (χ0) is 27.6. The van der Waals surface area contributed by atoms with Gasteiger partial charge in [0.05, 0.1) is 14.6 Å². The second-order valence-corrected chi connectivity index (χ2v) is 11.0. The molecule has 5 amide bonds. The van der Waals surface area contributed by atoms with E-state index in [1.807, 2.05) is 32.0 Å². The number of carbonyl (C=O) groups is 4. The van der Waals surface area contributed by atoms with Crippen LogP contribution in [0.25, 0.3) is 6.08 Å². The average molecular weight is 706 g/mol. The smallest absolute Gasteiger partial charge is 0.335 e. The molecule has 1 aliphatic rings. The summed E-state index contributed by atoms with van der Waals surface area (Å²) in [6.07, 6.45) is 1.38. The Morgan fingerprint density at radius 3 is 2.29 bits per heavy atom. The number of rotatable bonds is 6. The summed E-state index contributed by atoms with van der Waals surface area (Å²) < 4.78 is 7.48. The van der Waals surface area contributed by atoms with Crippen molar-refractivity contribution in [3.8, 4) is 5.75 Å². The number of aryl methyl sites for hydroxylation is 2. The molecule has 1 aliphatic heterocycles. The summed E-state index contributed by atoms with van der Waals surface area (Å²) in [5, 5.41) is 5.04. The Morgan fingerprint density at radius 2 is 1.63 bits per heavy atom. The average Bonchev–Trinajstić information content (AvgIpc) is 2.84. The highest BCUT2D eigenvalue weighted by Gasteiger charge is 2.36. The lowest BCUT2D eigenvalue weighted by atomic mass is 10.1. The maximum atomic E-state index is 13.1. The van der Waals surface area contributed by atoms with E-state index < -0.39 is 17.8 Å². The van der Waals surface area contributed by atoms with E-state index in [9.17, 15) is 19.2 Å². The molecule has 38 heavy (non-hydrogen) atoms. The number of halogens is 3. The number of urea groups is 1. The summed E-state index contributed by atoms with van der Waals surface area (Å²) in [6, 6.07) is 14.8. The number of anilines is 2. The van der Waals surface area contributed by atoms with Crippen LogP contribution in [-0.2, 0) is 14.4 Å². The molecule has 0 aliphatic carbocycles. The predicted molar refractivity (Wildman–Crippen MR) is 155 cm³/mol. The Labute approximate surface area is 243 Å². The highest BCUT2D eigenvalue weighted by atomic mass is 79.9. The minimum absolute atomic E-state index is 0.215. The molecule has 3 aromatic rings. The summed E-state index contributed by atoms with van der Waals surface area (Å²) in [6.45, 7) is 3.61. The van der Waals surface area contributed by atoms with Crippen LogP contribution in [0.5, 0.6) is 5.75 Å². The third kappa shape index (κ3) is 6.23. The number of hydrogen-bond donors (Lipinski definition) is 2. The molecule has 0 radical (unpaired) electrons. The standard InChI is InChI=1S/C27H20Br3N3O5/c1-14-3-4-15(2)22(9-14)31-23(34)13-38-24-20(29)11-16(12-21(24)30)10-19-25(35)32-27(37)33(26(19)36)18-7-5-17(28)6-8-18/h3-12H,13H2,1-2H3,(H,31,34)(H,32,35,37)/b19-10+. The molecule has 1 saturated heterocycles. The monoisotopic (exact) mass is 703 g/mol. The van der Waals surface area contributed by atoms with Gasteiger partial charge in [0, 0.05) is 10.2 Å². The maximum Gasteiger partial charge on any atom is 0.335 e. The Balaban J connectivity index is 1.52. The number of carbonyl (C=O) groups excluding carboxylic acids is 4. The minimum Gasteiger partial charge on any atom is -0.481 e. The molecule has 8 nitrogen and oxygen atoms in total. The molecule has 0 atom stereocenters. The molecule has 2 N–H and O–H groups in total. The van der Waals surface area contributed by atoms with Crippen LogP contribution in [0.2, 0.25) is 0 Å². The first-order chi connectivity index (χ1) is 18.0. The van der Waals surface area contributed by atoms with Gasteiger partial charge in [-0.2, -0.15) is 0 Å². The molecule has 0 saturated carbocycles. The molecule has 194 valence electrons. The zero-order valence-corrected chi connectivity index (χ0v) is 24.9. The number of imide groups is 2. The van der Waals surface area contributed by atoms with Gasteiger partial charge in [-0.25, -0.2) is 9.69 Å². The second-order valence-electron chi connectivity index (χ2n) is 8.40. The van der Waals surface area contributed by atoms with Crippen LogP contribution in [-0.4, -0.2) is 30.4 Å². The number of hydrogen-bond acceptors (Lipinski definition) is 5. The Bertz CT molecular complexity index is 1480. The minimum atomic E-state index is -0.829. The Kier molecular flexibility index (Phi) is 8.49. The van der Waals surface area contributed by atoms with Gasteiger partial charge in [-0.05, 0) is 111 Å². The summed E-state index contributed by atoms with van der Waals surface area (Å²) in [4.78, 5) is 51.4. The molecular weight excluding hydrogens is 686 g/mol. The summed E-state index contributed by atoms with van der Waals surface area (Å²) in [5.74, 6) is -1.51. The van der Waals surface area contributed by atoms with Crippen molar-refractivity contribution in [1.29, 1.82) is 0 Å². The van der Waals surface area contributed by atoms with Crippen molar-refractivity contribution in [2.24, 2.45) is 0 Å². The van der Waals surface area contributed by atoms with Crippen molar-refractivity contribution >= 4 is 89.0 Å². The zero-order valence-electron chi connectivity index (χ0n) is 20.1. The Morgan fingerprint density at radius 1 is 0.974 bits per heavy atom. The van der Waals surface area contributed by atoms with Crippen molar-refractivity contribution in [1.82, 2.24) is 5.32 Å². The van der Waals surface area contributed by atoms with Crippen molar-refractivity contribution in [3.63, 3.8) is 0 Å². The van der Waals surface area contributed by atoms with Gasteiger partial charge in [-0.1, -0.05) is 28.1 Å². The molecule has 0 spiro atoms. The van der Waals surface area contributed by atoms with Crippen LogP contribution in [0.4, 0.5) is 16.2 Å².